The SMILES string of the molecule is C[C@@H](NCc1cc([N+](=O)[O-])c(F)cc1F)c1cccnc1. The summed E-state index contributed by atoms with van der Waals surface area (Å²) in [5.74, 6) is -1.99. The summed E-state index contributed by atoms with van der Waals surface area (Å²) >= 11 is 0. The summed E-state index contributed by atoms with van der Waals surface area (Å²) < 4.78 is 26.9. The van der Waals surface area contributed by atoms with Crippen LogP contribution in [0.25, 0.3) is 0 Å². The predicted molar refractivity (Wildman–Crippen MR) is 72.5 cm³/mol. The van der Waals surface area contributed by atoms with Gasteiger partial charge in [-0.2, -0.15) is 4.39 Å². The molecule has 110 valence electrons. The summed E-state index contributed by atoms with van der Waals surface area (Å²) in [6.45, 7) is 1.90. The van der Waals surface area contributed by atoms with Crippen LogP contribution in [0.3, 0.4) is 0 Å². The summed E-state index contributed by atoms with van der Waals surface area (Å²) in [5.41, 5.74) is 0.204. The van der Waals surface area contributed by atoms with E-state index in [0.717, 1.165) is 11.6 Å². The minimum atomic E-state index is -1.18. The van der Waals surface area contributed by atoms with Gasteiger partial charge < -0.3 is 5.32 Å². The highest BCUT2D eigenvalue weighted by molar-refractivity contribution is 5.37. The van der Waals surface area contributed by atoms with E-state index in [1.807, 2.05) is 13.0 Å². The third-order valence-corrected chi connectivity index (χ3v) is 3.10. The minimum absolute atomic E-state index is 0.0406. The topological polar surface area (TPSA) is 68.1 Å². The van der Waals surface area contributed by atoms with Gasteiger partial charge in [-0.05, 0) is 18.6 Å². The number of nitro groups is 1. The fraction of sp³-hybridized carbons (Fsp3) is 0.214. The first-order valence-electron chi connectivity index (χ1n) is 6.24. The largest absolute Gasteiger partial charge is 0.306 e. The third kappa shape index (κ3) is 3.57. The van der Waals surface area contributed by atoms with Gasteiger partial charge >= 0.3 is 5.69 Å². The Bertz CT molecular complexity index is 650. The molecule has 0 saturated heterocycles. The molecule has 2 rings (SSSR count). The maximum atomic E-state index is 13.6. The van der Waals surface area contributed by atoms with E-state index in [-0.39, 0.29) is 18.2 Å². The van der Waals surface area contributed by atoms with Gasteiger partial charge in [-0.15, -0.1) is 0 Å². The number of aromatic nitrogens is 1. The van der Waals surface area contributed by atoms with Gasteiger partial charge in [0.25, 0.3) is 0 Å². The van der Waals surface area contributed by atoms with E-state index in [1.165, 1.54) is 0 Å². The Hall–Kier alpha value is -2.41. The summed E-state index contributed by atoms with van der Waals surface area (Å²) in [6.07, 6.45) is 3.31. The lowest BCUT2D eigenvalue weighted by atomic mass is 10.1. The van der Waals surface area contributed by atoms with Crippen molar-refractivity contribution in [1.82, 2.24) is 10.3 Å². The van der Waals surface area contributed by atoms with Gasteiger partial charge in [0.05, 0.1) is 4.92 Å². The van der Waals surface area contributed by atoms with Gasteiger partial charge in [-0.3, -0.25) is 15.1 Å². The molecule has 7 heteroatoms. The molecule has 0 saturated carbocycles. The van der Waals surface area contributed by atoms with E-state index in [9.17, 15) is 18.9 Å². The maximum absolute atomic E-state index is 13.6. The number of nitrogens with one attached hydrogen (secondary N) is 1. The zero-order chi connectivity index (χ0) is 15.4. The zero-order valence-corrected chi connectivity index (χ0v) is 11.2. The number of nitrogens with zero attached hydrogens (tertiary/aromatic N) is 2. The Morgan fingerprint density at radius 3 is 2.76 bits per heavy atom. The molecular formula is C14H13F2N3O2. The normalized spacial score (nSPS) is 12.1. The highest BCUT2D eigenvalue weighted by Crippen LogP contribution is 2.22. The van der Waals surface area contributed by atoms with Gasteiger partial charge in [0, 0.05) is 42.7 Å². The lowest BCUT2D eigenvalue weighted by Crippen LogP contribution is -2.19. The van der Waals surface area contributed by atoms with Crippen molar-refractivity contribution in [2.24, 2.45) is 0 Å². The van der Waals surface area contributed by atoms with E-state index in [2.05, 4.69) is 10.3 Å². The average molecular weight is 293 g/mol. The van der Waals surface area contributed by atoms with Crippen LogP contribution >= 0.6 is 0 Å². The van der Waals surface area contributed by atoms with Crippen molar-refractivity contribution in [2.75, 3.05) is 0 Å². The van der Waals surface area contributed by atoms with E-state index < -0.39 is 22.2 Å². The summed E-state index contributed by atoms with van der Waals surface area (Å²) in [4.78, 5) is 13.8. The molecule has 21 heavy (non-hydrogen) atoms. The molecule has 1 aromatic carbocycles. The second kappa shape index (κ2) is 6.36. The third-order valence-electron chi connectivity index (χ3n) is 3.10. The average Bonchev–Trinajstić information content (AvgIpc) is 2.46. The summed E-state index contributed by atoms with van der Waals surface area (Å²) in [6, 6.07) is 4.95. The van der Waals surface area contributed by atoms with Crippen molar-refractivity contribution in [3.63, 3.8) is 0 Å². The first kappa shape index (κ1) is 15.0. The first-order chi connectivity index (χ1) is 9.99. The van der Waals surface area contributed by atoms with Crippen molar-refractivity contribution >= 4 is 5.69 Å². The van der Waals surface area contributed by atoms with Gasteiger partial charge in [0.2, 0.25) is 5.82 Å². The molecule has 0 radical (unpaired) electrons. The van der Waals surface area contributed by atoms with E-state index in [4.69, 9.17) is 0 Å². The Morgan fingerprint density at radius 1 is 1.38 bits per heavy atom. The van der Waals surface area contributed by atoms with E-state index in [1.54, 1.807) is 18.5 Å². The van der Waals surface area contributed by atoms with Crippen molar-refractivity contribution in [3.8, 4) is 0 Å². The zero-order valence-electron chi connectivity index (χ0n) is 11.2. The minimum Gasteiger partial charge on any atom is -0.306 e. The summed E-state index contributed by atoms with van der Waals surface area (Å²) in [5, 5.41) is 13.7. The number of nitro benzene ring substituents is 1. The Kier molecular flexibility index (Phi) is 4.54. The molecule has 0 spiro atoms. The van der Waals surface area contributed by atoms with Gasteiger partial charge in [-0.1, -0.05) is 6.07 Å². The standard InChI is InChI=1S/C14H13F2N3O2/c1-9(10-3-2-4-17-7-10)18-8-11-5-14(19(20)21)13(16)6-12(11)15/h2-7,9,18H,8H2,1H3/t9-/m1/s1. The van der Waals surface area contributed by atoms with Gasteiger partial charge in [0.1, 0.15) is 5.82 Å². The molecule has 5 nitrogen and oxygen atoms in total. The van der Waals surface area contributed by atoms with Crippen LogP contribution < -0.4 is 5.32 Å². The maximum Gasteiger partial charge on any atom is 0.305 e. The van der Waals surface area contributed by atoms with Gasteiger partial charge in [-0.25, -0.2) is 4.39 Å². The van der Waals surface area contributed by atoms with Crippen molar-refractivity contribution in [2.45, 2.75) is 19.5 Å². The lowest BCUT2D eigenvalue weighted by Gasteiger charge is -2.14. The molecular weight excluding hydrogens is 280 g/mol. The quantitative estimate of drug-likeness (QED) is 0.679. The molecule has 0 fully saturated rings. The summed E-state index contributed by atoms with van der Waals surface area (Å²) in [7, 11) is 0. The molecule has 1 aromatic heterocycles. The second-order valence-electron chi connectivity index (χ2n) is 4.54. The van der Waals surface area contributed by atoms with Crippen LogP contribution in [-0.4, -0.2) is 9.91 Å². The number of hydrogen-bond donors (Lipinski definition) is 1. The number of benzene rings is 1. The number of rotatable bonds is 5. The fourth-order valence-electron chi connectivity index (χ4n) is 1.87. The van der Waals surface area contributed by atoms with Crippen molar-refractivity contribution < 1.29 is 13.7 Å². The van der Waals surface area contributed by atoms with Gasteiger partial charge in [0.15, 0.2) is 0 Å². The molecule has 0 aliphatic carbocycles. The number of hydrogen-bond acceptors (Lipinski definition) is 4. The Morgan fingerprint density at radius 2 is 2.14 bits per heavy atom. The molecule has 0 bridgehead atoms. The number of pyridine rings is 1. The molecule has 0 aliphatic heterocycles. The van der Waals surface area contributed by atoms with Crippen LogP contribution in [0.2, 0.25) is 0 Å². The highest BCUT2D eigenvalue weighted by atomic mass is 19.1. The Balaban J connectivity index is 2.13. The molecule has 1 N–H and O–H groups in total. The van der Waals surface area contributed by atoms with Crippen LogP contribution in [0.1, 0.15) is 24.1 Å². The smallest absolute Gasteiger partial charge is 0.305 e. The predicted octanol–water partition coefficient (Wildman–Crippen LogP) is 3.12. The fourth-order valence-corrected chi connectivity index (χ4v) is 1.87. The van der Waals surface area contributed by atoms with Crippen molar-refractivity contribution in [1.29, 1.82) is 0 Å². The molecule has 2 aromatic rings. The highest BCUT2D eigenvalue weighted by Gasteiger charge is 2.18. The van der Waals surface area contributed by atoms with Crippen LogP contribution in [-0.2, 0) is 6.54 Å². The second-order valence-corrected chi connectivity index (χ2v) is 4.54. The first-order valence-corrected chi connectivity index (χ1v) is 6.24. The molecule has 0 amide bonds. The van der Waals surface area contributed by atoms with E-state index >= 15 is 0 Å². The van der Waals surface area contributed by atoms with Crippen LogP contribution in [0, 0.1) is 21.7 Å². The monoisotopic (exact) mass is 293 g/mol. The molecule has 0 unspecified atom stereocenters. The van der Waals surface area contributed by atoms with E-state index in [0.29, 0.717) is 6.07 Å². The van der Waals surface area contributed by atoms with Crippen LogP contribution in [0.15, 0.2) is 36.7 Å². The van der Waals surface area contributed by atoms with Crippen LogP contribution in [0.5, 0.6) is 0 Å². The molecule has 1 heterocycles. The van der Waals surface area contributed by atoms with Crippen LogP contribution in [0.4, 0.5) is 14.5 Å². The number of halogens is 2. The molecule has 0 aliphatic rings. The lowest BCUT2D eigenvalue weighted by molar-refractivity contribution is -0.387. The Labute approximate surface area is 119 Å². The van der Waals surface area contributed by atoms with Crippen molar-refractivity contribution in [3.05, 3.63) is 69.5 Å². The molecule has 1 atom stereocenters.